The fourth-order valence-corrected chi connectivity index (χ4v) is 2.65. The van der Waals surface area contributed by atoms with Gasteiger partial charge in [-0.05, 0) is 49.9 Å². The third-order valence-electron chi connectivity index (χ3n) is 3.72. The van der Waals surface area contributed by atoms with Gasteiger partial charge in [0.1, 0.15) is 5.75 Å². The lowest BCUT2D eigenvalue weighted by molar-refractivity contribution is -0.500. The van der Waals surface area contributed by atoms with Gasteiger partial charge in [0.2, 0.25) is 0 Å². The smallest absolute Gasteiger partial charge is 0.182 e. The van der Waals surface area contributed by atoms with Gasteiger partial charge in [0, 0.05) is 18.4 Å². The molecule has 98 valence electrons. The molecule has 1 aliphatic rings. The summed E-state index contributed by atoms with van der Waals surface area (Å²) in [5.74, 6) is 0.322. The third-order valence-corrected chi connectivity index (χ3v) is 3.72. The van der Waals surface area contributed by atoms with Gasteiger partial charge in [0.25, 0.3) is 0 Å². The molecule has 0 aliphatic heterocycles. The molecule has 1 aliphatic carbocycles. The number of phenols is 1. The maximum atomic E-state index is 12.1. The summed E-state index contributed by atoms with van der Waals surface area (Å²) in [6.45, 7) is 3.71. The van der Waals surface area contributed by atoms with Crippen molar-refractivity contribution >= 4 is 6.21 Å². The Bertz CT molecular complexity index is 437. The molecule has 1 fully saturated rings. The molecule has 0 spiro atoms. The first-order chi connectivity index (χ1) is 8.58. The van der Waals surface area contributed by atoms with Crippen molar-refractivity contribution in [2.75, 3.05) is 0 Å². The topological polar surface area (TPSA) is 46.3 Å². The van der Waals surface area contributed by atoms with Crippen molar-refractivity contribution in [2.24, 2.45) is 0 Å². The molecule has 3 heteroatoms. The summed E-state index contributed by atoms with van der Waals surface area (Å²) in [6, 6.07) is 3.85. The van der Waals surface area contributed by atoms with E-state index in [4.69, 9.17) is 0 Å². The Labute approximate surface area is 108 Å². The lowest BCUT2D eigenvalue weighted by atomic mass is 9.96. The molecule has 0 radical (unpaired) electrons. The quantitative estimate of drug-likeness (QED) is 0.377. The van der Waals surface area contributed by atoms with Gasteiger partial charge in [-0.2, -0.15) is 0 Å². The fraction of sp³-hybridized carbons (Fsp3) is 0.533. The normalized spacial score (nSPS) is 18.0. The van der Waals surface area contributed by atoms with Crippen LogP contribution in [0.25, 0.3) is 0 Å². The van der Waals surface area contributed by atoms with Crippen molar-refractivity contribution in [3.63, 3.8) is 0 Å². The average molecular weight is 247 g/mol. The number of hydroxylamine groups is 1. The molecule has 18 heavy (non-hydrogen) atoms. The Morgan fingerprint density at radius 3 is 2.28 bits per heavy atom. The number of hydrogen-bond donors (Lipinski definition) is 1. The van der Waals surface area contributed by atoms with Crippen LogP contribution in [0.5, 0.6) is 5.75 Å². The molecule has 0 bridgehead atoms. The van der Waals surface area contributed by atoms with Gasteiger partial charge in [0.15, 0.2) is 12.3 Å². The monoisotopic (exact) mass is 247 g/mol. The van der Waals surface area contributed by atoms with Crippen LogP contribution < -0.4 is 0 Å². The van der Waals surface area contributed by atoms with Crippen molar-refractivity contribution < 1.29 is 9.85 Å². The first kappa shape index (κ1) is 12.9. The van der Waals surface area contributed by atoms with Gasteiger partial charge in [-0.1, -0.05) is 6.42 Å². The van der Waals surface area contributed by atoms with Gasteiger partial charge in [-0.25, -0.2) is 4.74 Å². The molecule has 1 aromatic carbocycles. The van der Waals surface area contributed by atoms with Crippen LogP contribution in [-0.2, 0) is 0 Å². The Morgan fingerprint density at radius 1 is 1.17 bits per heavy atom. The molecule has 2 rings (SSSR count). The number of benzene rings is 1. The summed E-state index contributed by atoms with van der Waals surface area (Å²) in [6.07, 6.45) is 7.22. The van der Waals surface area contributed by atoms with Crippen LogP contribution in [0.1, 0.15) is 48.8 Å². The molecule has 1 saturated carbocycles. The maximum absolute atomic E-state index is 12.1. The minimum Gasteiger partial charge on any atom is -0.624 e. The molecular formula is C15H21NO2. The van der Waals surface area contributed by atoms with Crippen molar-refractivity contribution in [3.8, 4) is 5.75 Å². The minimum absolute atomic E-state index is 0.133. The number of phenolic OH excluding ortho intramolecular Hbond substituents is 1. The second kappa shape index (κ2) is 5.42. The Balaban J connectivity index is 2.21. The molecule has 1 N–H and O–H groups in total. The summed E-state index contributed by atoms with van der Waals surface area (Å²) in [7, 11) is 0. The van der Waals surface area contributed by atoms with E-state index in [-0.39, 0.29) is 6.04 Å². The SMILES string of the molecule is Cc1cc(/C=[N+](\[O-])C2CCCCC2)cc(C)c1O. The fourth-order valence-electron chi connectivity index (χ4n) is 2.65. The second-order valence-electron chi connectivity index (χ2n) is 5.28. The molecular weight excluding hydrogens is 226 g/mol. The molecule has 0 aromatic heterocycles. The van der Waals surface area contributed by atoms with E-state index >= 15 is 0 Å². The molecule has 3 nitrogen and oxygen atoms in total. The zero-order valence-corrected chi connectivity index (χ0v) is 11.1. The summed E-state index contributed by atoms with van der Waals surface area (Å²) in [5.41, 5.74) is 2.51. The Morgan fingerprint density at radius 2 is 1.72 bits per heavy atom. The zero-order chi connectivity index (χ0) is 13.1. The van der Waals surface area contributed by atoms with Crippen LogP contribution in [0.15, 0.2) is 12.1 Å². The van der Waals surface area contributed by atoms with E-state index in [0.717, 1.165) is 47.1 Å². The standard InChI is InChI=1S/C15H21NO2/c1-11-8-13(9-12(2)15(11)17)10-16(18)14-6-4-3-5-7-14/h8-10,14,17H,3-7H2,1-2H3/b16-10-. The third kappa shape index (κ3) is 2.84. The van der Waals surface area contributed by atoms with Crippen LogP contribution in [-0.4, -0.2) is 22.1 Å². The highest BCUT2D eigenvalue weighted by Crippen LogP contribution is 2.23. The number of nitrogens with zero attached hydrogens (tertiary/aromatic N) is 1. The summed E-state index contributed by atoms with van der Waals surface area (Å²) >= 11 is 0. The van der Waals surface area contributed by atoms with Crippen LogP contribution in [0.3, 0.4) is 0 Å². The highest BCUT2D eigenvalue weighted by atomic mass is 16.5. The number of aryl methyl sites for hydroxylation is 2. The van der Waals surface area contributed by atoms with Gasteiger partial charge < -0.3 is 10.3 Å². The molecule has 0 unspecified atom stereocenters. The molecule has 0 atom stereocenters. The van der Waals surface area contributed by atoms with Crippen molar-refractivity contribution in [3.05, 3.63) is 34.0 Å². The number of rotatable bonds is 2. The Kier molecular flexibility index (Phi) is 3.90. The highest BCUT2D eigenvalue weighted by Gasteiger charge is 2.19. The van der Waals surface area contributed by atoms with Gasteiger partial charge in [-0.15, -0.1) is 0 Å². The van der Waals surface area contributed by atoms with Crippen LogP contribution >= 0.6 is 0 Å². The van der Waals surface area contributed by atoms with Crippen LogP contribution in [0.2, 0.25) is 0 Å². The van der Waals surface area contributed by atoms with E-state index in [0.29, 0.717) is 5.75 Å². The van der Waals surface area contributed by atoms with Crippen LogP contribution in [0, 0.1) is 19.1 Å². The molecule has 0 amide bonds. The average Bonchev–Trinajstić information content (AvgIpc) is 2.37. The highest BCUT2D eigenvalue weighted by molar-refractivity contribution is 5.77. The van der Waals surface area contributed by atoms with Crippen LogP contribution in [0.4, 0.5) is 0 Å². The van der Waals surface area contributed by atoms with Crippen molar-refractivity contribution in [1.29, 1.82) is 0 Å². The lowest BCUT2D eigenvalue weighted by Gasteiger charge is -2.20. The summed E-state index contributed by atoms with van der Waals surface area (Å²) < 4.78 is 1.10. The van der Waals surface area contributed by atoms with Crippen molar-refractivity contribution in [2.45, 2.75) is 52.0 Å². The molecule has 1 aromatic rings. The van der Waals surface area contributed by atoms with E-state index in [2.05, 4.69) is 0 Å². The van der Waals surface area contributed by atoms with E-state index in [1.807, 2.05) is 26.0 Å². The second-order valence-corrected chi connectivity index (χ2v) is 5.28. The van der Waals surface area contributed by atoms with E-state index in [1.165, 1.54) is 6.42 Å². The summed E-state index contributed by atoms with van der Waals surface area (Å²) in [4.78, 5) is 0. The van der Waals surface area contributed by atoms with Gasteiger partial charge in [-0.3, -0.25) is 0 Å². The summed E-state index contributed by atoms with van der Waals surface area (Å²) in [5, 5.41) is 21.8. The zero-order valence-electron chi connectivity index (χ0n) is 11.1. The van der Waals surface area contributed by atoms with E-state index in [1.54, 1.807) is 6.21 Å². The first-order valence-electron chi connectivity index (χ1n) is 6.68. The van der Waals surface area contributed by atoms with E-state index < -0.39 is 0 Å². The van der Waals surface area contributed by atoms with Gasteiger partial charge >= 0.3 is 0 Å². The van der Waals surface area contributed by atoms with Crippen molar-refractivity contribution in [1.82, 2.24) is 0 Å². The minimum atomic E-state index is 0.133. The lowest BCUT2D eigenvalue weighted by Crippen LogP contribution is -2.25. The molecule has 0 heterocycles. The first-order valence-corrected chi connectivity index (χ1v) is 6.68. The van der Waals surface area contributed by atoms with E-state index in [9.17, 15) is 10.3 Å². The predicted octanol–water partition coefficient (Wildman–Crippen LogP) is 3.27. The van der Waals surface area contributed by atoms with Gasteiger partial charge in [0.05, 0.1) is 0 Å². The Hall–Kier alpha value is -1.51. The predicted molar refractivity (Wildman–Crippen MR) is 73.2 cm³/mol. The molecule has 0 saturated heterocycles. The largest absolute Gasteiger partial charge is 0.624 e. The number of hydrogen-bond acceptors (Lipinski definition) is 2. The number of aromatic hydroxyl groups is 1. The maximum Gasteiger partial charge on any atom is 0.182 e.